The summed E-state index contributed by atoms with van der Waals surface area (Å²) >= 11 is 0. The number of anilines is 1. The van der Waals surface area contributed by atoms with E-state index in [9.17, 15) is 0 Å². The number of nitrogens with two attached hydrogens (primary N) is 1. The lowest BCUT2D eigenvalue weighted by molar-refractivity contribution is 0.0214. The van der Waals surface area contributed by atoms with Crippen molar-refractivity contribution in [3.05, 3.63) is 30.5 Å². The molecule has 0 bridgehead atoms. The lowest BCUT2D eigenvalue weighted by Gasteiger charge is -2.29. The molecule has 3 rings (SSSR count). The van der Waals surface area contributed by atoms with Gasteiger partial charge in [0.05, 0.1) is 6.10 Å². The van der Waals surface area contributed by atoms with Gasteiger partial charge in [-0.3, -0.25) is 4.98 Å². The van der Waals surface area contributed by atoms with Gasteiger partial charge in [-0.1, -0.05) is 0 Å². The predicted molar refractivity (Wildman–Crippen MR) is 79.8 cm³/mol. The average molecular weight is 272 g/mol. The summed E-state index contributed by atoms with van der Waals surface area (Å²) in [6, 6.07) is 7.67. The second-order valence-corrected chi connectivity index (χ2v) is 5.32. The highest BCUT2D eigenvalue weighted by Crippen LogP contribution is 2.31. The van der Waals surface area contributed by atoms with Crippen molar-refractivity contribution in [3.63, 3.8) is 0 Å². The van der Waals surface area contributed by atoms with Crippen LogP contribution >= 0.6 is 0 Å². The third kappa shape index (κ3) is 2.56. The minimum atomic E-state index is 0.197. The predicted octanol–water partition coefficient (Wildman–Crippen LogP) is 3.15. The Labute approximate surface area is 118 Å². The smallest absolute Gasteiger partial charge is 0.146 e. The van der Waals surface area contributed by atoms with E-state index in [-0.39, 0.29) is 6.10 Å². The van der Waals surface area contributed by atoms with Crippen molar-refractivity contribution in [2.45, 2.75) is 37.9 Å². The third-order valence-electron chi connectivity index (χ3n) is 3.97. The largest absolute Gasteiger partial charge is 0.488 e. The highest BCUT2D eigenvalue weighted by atomic mass is 16.5. The van der Waals surface area contributed by atoms with Crippen LogP contribution in [0.15, 0.2) is 30.5 Å². The minimum absolute atomic E-state index is 0.197. The lowest BCUT2D eigenvalue weighted by Crippen LogP contribution is -2.29. The molecular weight excluding hydrogens is 252 g/mol. The van der Waals surface area contributed by atoms with E-state index in [1.54, 1.807) is 13.3 Å². The SMILES string of the molecule is COC1CCCC(Oc2ccc(N)c3cccnc23)C1. The Morgan fingerprint density at radius 1 is 1.20 bits per heavy atom. The third-order valence-corrected chi connectivity index (χ3v) is 3.97. The Hall–Kier alpha value is -1.81. The molecule has 0 aliphatic heterocycles. The molecule has 1 aromatic heterocycles. The van der Waals surface area contributed by atoms with Gasteiger partial charge in [-0.2, -0.15) is 0 Å². The van der Waals surface area contributed by atoms with E-state index in [1.165, 1.54) is 0 Å². The molecule has 1 aromatic carbocycles. The van der Waals surface area contributed by atoms with Gasteiger partial charge in [0.25, 0.3) is 0 Å². The first-order valence-electron chi connectivity index (χ1n) is 7.10. The first-order valence-corrected chi connectivity index (χ1v) is 7.10. The van der Waals surface area contributed by atoms with Crippen LogP contribution in [0.1, 0.15) is 25.7 Å². The number of hydrogen-bond donors (Lipinski definition) is 1. The van der Waals surface area contributed by atoms with Gasteiger partial charge >= 0.3 is 0 Å². The van der Waals surface area contributed by atoms with Crippen LogP contribution in [0.4, 0.5) is 5.69 Å². The zero-order valence-electron chi connectivity index (χ0n) is 11.7. The fourth-order valence-electron chi connectivity index (χ4n) is 2.87. The fraction of sp³-hybridized carbons (Fsp3) is 0.438. The number of nitrogen functional groups attached to an aromatic ring is 1. The molecule has 1 saturated carbocycles. The van der Waals surface area contributed by atoms with Crippen LogP contribution in [0.5, 0.6) is 5.75 Å². The van der Waals surface area contributed by atoms with Gasteiger partial charge in [0.15, 0.2) is 0 Å². The Morgan fingerprint density at radius 2 is 2.05 bits per heavy atom. The Morgan fingerprint density at radius 3 is 2.90 bits per heavy atom. The summed E-state index contributed by atoms with van der Waals surface area (Å²) in [5, 5.41) is 0.948. The van der Waals surface area contributed by atoms with E-state index in [2.05, 4.69) is 4.98 Å². The first-order chi connectivity index (χ1) is 9.78. The number of fused-ring (bicyclic) bond motifs is 1. The van der Waals surface area contributed by atoms with E-state index >= 15 is 0 Å². The molecule has 2 aromatic rings. The molecule has 2 unspecified atom stereocenters. The second kappa shape index (κ2) is 5.67. The summed E-state index contributed by atoms with van der Waals surface area (Å²) in [5.41, 5.74) is 7.56. The minimum Gasteiger partial charge on any atom is -0.488 e. The number of aromatic nitrogens is 1. The van der Waals surface area contributed by atoms with E-state index in [4.69, 9.17) is 15.2 Å². The van der Waals surface area contributed by atoms with Gasteiger partial charge in [0.2, 0.25) is 0 Å². The number of nitrogens with zero attached hydrogens (tertiary/aromatic N) is 1. The molecule has 0 saturated heterocycles. The maximum Gasteiger partial charge on any atom is 0.146 e. The first kappa shape index (κ1) is 13.2. The Bertz CT molecular complexity index is 600. The van der Waals surface area contributed by atoms with Gasteiger partial charge in [0.1, 0.15) is 17.4 Å². The monoisotopic (exact) mass is 272 g/mol. The fourth-order valence-corrected chi connectivity index (χ4v) is 2.87. The number of methoxy groups -OCH3 is 1. The van der Waals surface area contributed by atoms with Crippen LogP contribution in [0.2, 0.25) is 0 Å². The van der Waals surface area contributed by atoms with E-state index in [0.717, 1.165) is 48.0 Å². The molecule has 4 heteroatoms. The number of pyridine rings is 1. The van der Waals surface area contributed by atoms with Crippen LogP contribution in [0, 0.1) is 0 Å². The van der Waals surface area contributed by atoms with Crippen LogP contribution in [0.25, 0.3) is 10.9 Å². The molecule has 2 N–H and O–H groups in total. The van der Waals surface area contributed by atoms with Crippen molar-refractivity contribution in [2.24, 2.45) is 0 Å². The summed E-state index contributed by atoms with van der Waals surface area (Å²) in [6.07, 6.45) is 6.55. The van der Waals surface area contributed by atoms with E-state index < -0.39 is 0 Å². The van der Waals surface area contributed by atoms with Gasteiger partial charge in [-0.15, -0.1) is 0 Å². The molecule has 106 valence electrons. The van der Waals surface area contributed by atoms with Gasteiger partial charge < -0.3 is 15.2 Å². The quantitative estimate of drug-likeness (QED) is 0.872. The van der Waals surface area contributed by atoms with Crippen LogP contribution in [0.3, 0.4) is 0 Å². The molecule has 4 nitrogen and oxygen atoms in total. The zero-order valence-corrected chi connectivity index (χ0v) is 11.7. The standard InChI is InChI=1S/C16H20N2O2/c1-19-11-4-2-5-12(10-11)20-15-8-7-14(17)13-6-3-9-18-16(13)15/h3,6-9,11-12H,2,4-5,10,17H2,1H3. The molecule has 0 amide bonds. The molecule has 1 heterocycles. The number of benzene rings is 1. The zero-order chi connectivity index (χ0) is 13.9. The molecule has 0 spiro atoms. The Kier molecular flexibility index (Phi) is 3.74. The van der Waals surface area contributed by atoms with Crippen molar-refractivity contribution < 1.29 is 9.47 Å². The van der Waals surface area contributed by atoms with Crippen molar-refractivity contribution >= 4 is 16.6 Å². The normalized spacial score (nSPS) is 22.9. The highest BCUT2D eigenvalue weighted by molar-refractivity contribution is 5.94. The molecule has 1 fully saturated rings. The van der Waals surface area contributed by atoms with Crippen molar-refractivity contribution in [1.29, 1.82) is 0 Å². The summed E-state index contributed by atoms with van der Waals surface area (Å²) in [7, 11) is 1.77. The maximum atomic E-state index is 6.16. The summed E-state index contributed by atoms with van der Waals surface area (Å²) in [4.78, 5) is 4.41. The van der Waals surface area contributed by atoms with E-state index in [0.29, 0.717) is 6.10 Å². The maximum absolute atomic E-state index is 6.16. The van der Waals surface area contributed by atoms with Crippen LogP contribution in [-0.2, 0) is 4.74 Å². The van der Waals surface area contributed by atoms with Gasteiger partial charge in [-0.25, -0.2) is 0 Å². The lowest BCUT2D eigenvalue weighted by atomic mass is 9.95. The summed E-state index contributed by atoms with van der Waals surface area (Å²) in [5.74, 6) is 0.816. The second-order valence-electron chi connectivity index (χ2n) is 5.32. The van der Waals surface area contributed by atoms with Gasteiger partial charge in [0, 0.05) is 30.8 Å². The molecular formula is C16H20N2O2. The number of rotatable bonds is 3. The van der Waals surface area contributed by atoms with Crippen molar-refractivity contribution in [3.8, 4) is 5.75 Å². The molecule has 20 heavy (non-hydrogen) atoms. The van der Waals surface area contributed by atoms with E-state index in [1.807, 2.05) is 24.3 Å². The molecule has 2 atom stereocenters. The molecule has 1 aliphatic rings. The number of hydrogen-bond acceptors (Lipinski definition) is 4. The highest BCUT2D eigenvalue weighted by Gasteiger charge is 2.23. The van der Waals surface area contributed by atoms with Crippen molar-refractivity contribution in [1.82, 2.24) is 4.98 Å². The molecule has 1 aliphatic carbocycles. The van der Waals surface area contributed by atoms with Crippen LogP contribution in [-0.4, -0.2) is 24.3 Å². The van der Waals surface area contributed by atoms with Crippen LogP contribution < -0.4 is 10.5 Å². The molecule has 0 radical (unpaired) electrons. The van der Waals surface area contributed by atoms with Crippen molar-refractivity contribution in [2.75, 3.05) is 12.8 Å². The topological polar surface area (TPSA) is 57.4 Å². The summed E-state index contributed by atoms with van der Waals surface area (Å²) in [6.45, 7) is 0. The Balaban J connectivity index is 1.86. The number of ether oxygens (including phenoxy) is 2. The average Bonchev–Trinajstić information content (AvgIpc) is 2.51. The summed E-state index contributed by atoms with van der Waals surface area (Å²) < 4.78 is 11.6. The van der Waals surface area contributed by atoms with Gasteiger partial charge in [-0.05, 0) is 43.5 Å².